The summed E-state index contributed by atoms with van der Waals surface area (Å²) in [5.41, 5.74) is 7.09. The average Bonchev–Trinajstić information content (AvgIpc) is 3.57. The van der Waals surface area contributed by atoms with Gasteiger partial charge in [0.1, 0.15) is 18.1 Å². The van der Waals surface area contributed by atoms with Gasteiger partial charge in [0.2, 0.25) is 0 Å². The van der Waals surface area contributed by atoms with Crippen molar-refractivity contribution in [1.82, 2.24) is 15.2 Å². The molecule has 0 unspecified atom stereocenters. The van der Waals surface area contributed by atoms with Gasteiger partial charge in [0.25, 0.3) is 5.91 Å². The Morgan fingerprint density at radius 3 is 2.16 bits per heavy atom. The third-order valence-electron chi connectivity index (χ3n) is 7.24. The molecule has 6 aromatic rings. The number of amides is 3. The molecular weight excluding hydrogens is 684 g/mol. The van der Waals surface area contributed by atoms with Crippen molar-refractivity contribution in [2.75, 3.05) is 10.6 Å². The molecule has 10 nitrogen and oxygen atoms in total. The predicted molar refractivity (Wildman–Crippen MR) is 193 cm³/mol. The Labute approximate surface area is 290 Å². The van der Waals surface area contributed by atoms with Gasteiger partial charge in [-0.1, -0.05) is 76.6 Å². The molecule has 0 radical (unpaired) electrons. The molecule has 0 aliphatic carbocycles. The number of carbonyl (C=O) groups is 3. The Morgan fingerprint density at radius 1 is 0.755 bits per heavy atom. The van der Waals surface area contributed by atoms with Crippen molar-refractivity contribution in [3.8, 4) is 22.7 Å². The van der Waals surface area contributed by atoms with Gasteiger partial charge in [0.15, 0.2) is 0 Å². The molecular formula is C38H29BrN6O4. The minimum Gasteiger partial charge on any atom is -0.489 e. The second kappa shape index (κ2) is 15.5. The predicted octanol–water partition coefficient (Wildman–Crippen LogP) is 7.22. The van der Waals surface area contributed by atoms with Crippen molar-refractivity contribution < 1.29 is 19.1 Å². The van der Waals surface area contributed by atoms with E-state index in [1.165, 1.54) is 12.3 Å². The number of nitrogens with zero attached hydrogens (tertiary/aromatic N) is 3. The first-order valence-electron chi connectivity index (χ1n) is 15.2. The fourth-order valence-electron chi connectivity index (χ4n) is 4.78. The van der Waals surface area contributed by atoms with E-state index in [1.54, 1.807) is 53.3 Å². The monoisotopic (exact) mass is 712 g/mol. The van der Waals surface area contributed by atoms with Gasteiger partial charge in [-0.25, -0.2) is 10.1 Å². The molecule has 0 fully saturated rings. The lowest BCUT2D eigenvalue weighted by molar-refractivity contribution is -0.136. The number of rotatable bonds is 10. The van der Waals surface area contributed by atoms with Crippen molar-refractivity contribution >= 4 is 51.2 Å². The maximum atomic E-state index is 13.0. The Morgan fingerprint density at radius 2 is 1.43 bits per heavy atom. The molecule has 1 heterocycles. The molecule has 49 heavy (non-hydrogen) atoms. The van der Waals surface area contributed by atoms with E-state index in [9.17, 15) is 14.4 Å². The van der Waals surface area contributed by atoms with Crippen LogP contribution in [-0.4, -0.2) is 33.7 Å². The lowest BCUT2D eigenvalue weighted by atomic mass is 10.1. The van der Waals surface area contributed by atoms with Crippen LogP contribution in [0.15, 0.2) is 149 Å². The van der Waals surface area contributed by atoms with E-state index < -0.39 is 17.7 Å². The summed E-state index contributed by atoms with van der Waals surface area (Å²) >= 11 is 3.36. The standard InChI is InChI=1S/C38H29BrN6O4/c39-29-17-19-30(20-18-29)41-36(46)33-13-7-8-14-34(33)42-37(47)38(48)43-40-23-28-24-45(31-11-5-2-6-12-31)44-35(28)27-15-21-32(22-16-27)49-25-26-9-3-1-4-10-26/h1-24H,25H2,(H,41,46)(H,42,47)(H,43,48)/b40-23-. The molecule has 0 aliphatic heterocycles. The van der Waals surface area contributed by atoms with Crippen molar-refractivity contribution in [3.05, 3.63) is 161 Å². The van der Waals surface area contributed by atoms with E-state index in [0.29, 0.717) is 29.3 Å². The highest BCUT2D eigenvalue weighted by atomic mass is 79.9. The first-order valence-corrected chi connectivity index (χ1v) is 15.9. The zero-order valence-electron chi connectivity index (χ0n) is 25.9. The average molecular weight is 714 g/mol. The normalized spacial score (nSPS) is 10.8. The highest BCUT2D eigenvalue weighted by Gasteiger charge is 2.18. The summed E-state index contributed by atoms with van der Waals surface area (Å²) in [6.45, 7) is 0.443. The summed E-state index contributed by atoms with van der Waals surface area (Å²) in [4.78, 5) is 38.5. The first-order chi connectivity index (χ1) is 23.9. The number of para-hydroxylation sites is 2. The van der Waals surface area contributed by atoms with Crippen molar-refractivity contribution in [3.63, 3.8) is 0 Å². The van der Waals surface area contributed by atoms with Crippen LogP contribution in [-0.2, 0) is 16.2 Å². The first kappa shape index (κ1) is 32.6. The molecule has 3 amide bonds. The van der Waals surface area contributed by atoms with Gasteiger partial charge in [-0.05, 0) is 78.4 Å². The van der Waals surface area contributed by atoms with Crippen LogP contribution in [0.5, 0.6) is 5.75 Å². The van der Waals surface area contributed by atoms with Gasteiger partial charge < -0.3 is 15.4 Å². The molecule has 0 atom stereocenters. The molecule has 0 aliphatic rings. The summed E-state index contributed by atoms with van der Waals surface area (Å²) in [7, 11) is 0. The van der Waals surface area contributed by atoms with Gasteiger partial charge >= 0.3 is 11.8 Å². The third kappa shape index (κ3) is 8.53. The molecule has 5 aromatic carbocycles. The lowest BCUT2D eigenvalue weighted by Gasteiger charge is -2.11. The van der Waals surface area contributed by atoms with Gasteiger partial charge in [-0.3, -0.25) is 14.4 Å². The summed E-state index contributed by atoms with van der Waals surface area (Å²) in [6.07, 6.45) is 3.20. The Bertz CT molecular complexity index is 2100. The maximum absolute atomic E-state index is 13.0. The number of nitrogens with one attached hydrogen (secondary N) is 3. The van der Waals surface area contributed by atoms with E-state index in [-0.39, 0.29) is 11.3 Å². The summed E-state index contributed by atoms with van der Waals surface area (Å²) in [5, 5.41) is 14.1. The zero-order chi connectivity index (χ0) is 34.0. The van der Waals surface area contributed by atoms with Crippen LogP contribution in [0.1, 0.15) is 21.5 Å². The van der Waals surface area contributed by atoms with Gasteiger partial charge in [-0.15, -0.1) is 0 Å². The molecule has 0 bridgehead atoms. The molecule has 0 spiro atoms. The summed E-state index contributed by atoms with van der Waals surface area (Å²) < 4.78 is 8.51. The summed E-state index contributed by atoms with van der Waals surface area (Å²) in [6, 6.07) is 40.4. The number of aromatic nitrogens is 2. The number of hydrogen-bond acceptors (Lipinski definition) is 6. The number of carbonyl (C=O) groups excluding carboxylic acids is 3. The third-order valence-corrected chi connectivity index (χ3v) is 7.77. The van der Waals surface area contributed by atoms with Crippen molar-refractivity contribution in [2.45, 2.75) is 6.61 Å². The molecule has 1 aromatic heterocycles. The Hall–Kier alpha value is -6.33. The summed E-state index contributed by atoms with van der Waals surface area (Å²) in [5.74, 6) is -1.75. The molecule has 0 saturated carbocycles. The van der Waals surface area contributed by atoms with E-state index in [0.717, 1.165) is 21.3 Å². The van der Waals surface area contributed by atoms with Crippen LogP contribution in [0.25, 0.3) is 16.9 Å². The minimum absolute atomic E-state index is 0.170. The molecule has 242 valence electrons. The SMILES string of the molecule is O=C(N/N=C\c1cn(-c2ccccc2)nc1-c1ccc(OCc2ccccc2)cc1)C(=O)Nc1ccccc1C(=O)Nc1ccc(Br)cc1. The number of halogens is 1. The highest BCUT2D eigenvalue weighted by Crippen LogP contribution is 2.26. The van der Waals surface area contributed by atoms with Gasteiger partial charge in [-0.2, -0.15) is 10.2 Å². The number of ether oxygens (including phenoxy) is 1. The van der Waals surface area contributed by atoms with Crippen LogP contribution in [0.2, 0.25) is 0 Å². The Kier molecular flexibility index (Phi) is 10.3. The molecule has 6 rings (SSSR count). The topological polar surface area (TPSA) is 127 Å². The number of hydrazone groups is 1. The Balaban J connectivity index is 1.14. The molecule has 3 N–H and O–H groups in total. The van der Waals surface area contributed by atoms with Crippen LogP contribution < -0.4 is 20.8 Å². The van der Waals surface area contributed by atoms with Crippen LogP contribution in [0.4, 0.5) is 11.4 Å². The van der Waals surface area contributed by atoms with Gasteiger partial charge in [0, 0.05) is 27.5 Å². The lowest BCUT2D eigenvalue weighted by Crippen LogP contribution is -2.33. The van der Waals surface area contributed by atoms with Gasteiger partial charge in [0.05, 0.1) is 23.2 Å². The minimum atomic E-state index is -1.02. The van der Waals surface area contributed by atoms with Crippen LogP contribution in [0.3, 0.4) is 0 Å². The fraction of sp³-hybridized carbons (Fsp3) is 0.0263. The van der Waals surface area contributed by atoms with Crippen LogP contribution in [0, 0.1) is 0 Å². The highest BCUT2D eigenvalue weighted by molar-refractivity contribution is 9.10. The zero-order valence-corrected chi connectivity index (χ0v) is 27.5. The number of hydrogen-bond donors (Lipinski definition) is 3. The smallest absolute Gasteiger partial charge is 0.329 e. The fourth-order valence-corrected chi connectivity index (χ4v) is 5.05. The van der Waals surface area contributed by atoms with E-state index >= 15 is 0 Å². The van der Waals surface area contributed by atoms with Crippen molar-refractivity contribution in [2.24, 2.45) is 5.10 Å². The molecule has 11 heteroatoms. The molecule has 0 saturated heterocycles. The largest absolute Gasteiger partial charge is 0.489 e. The maximum Gasteiger partial charge on any atom is 0.329 e. The number of anilines is 2. The second-order valence-electron chi connectivity index (χ2n) is 10.7. The number of benzene rings is 5. The van der Waals surface area contributed by atoms with Crippen molar-refractivity contribution in [1.29, 1.82) is 0 Å². The van der Waals surface area contributed by atoms with E-state index in [1.807, 2.05) is 84.9 Å². The van der Waals surface area contributed by atoms with E-state index in [2.05, 4.69) is 37.1 Å². The van der Waals surface area contributed by atoms with Crippen LogP contribution >= 0.6 is 15.9 Å². The second-order valence-corrected chi connectivity index (χ2v) is 11.6. The quantitative estimate of drug-likeness (QED) is 0.0785. The van der Waals surface area contributed by atoms with E-state index in [4.69, 9.17) is 9.84 Å².